The Morgan fingerprint density at radius 1 is 0.875 bits per heavy atom. The molecule has 1 fully saturated rings. The first-order chi connectivity index (χ1) is 22.8. The number of methoxy groups -OCH3 is 1. The summed E-state index contributed by atoms with van der Waals surface area (Å²) in [6.07, 6.45) is 3.26. The number of nitrogens with zero attached hydrogens (tertiary/aromatic N) is 2. The van der Waals surface area contributed by atoms with Gasteiger partial charge in [0, 0.05) is 25.4 Å². The van der Waals surface area contributed by atoms with E-state index in [0.29, 0.717) is 39.0 Å². The molecule has 1 saturated heterocycles. The summed E-state index contributed by atoms with van der Waals surface area (Å²) < 4.78 is 17.3. The average molecular weight is 668 g/mol. The minimum absolute atomic E-state index is 0.120. The Bertz CT molecular complexity index is 1300. The van der Waals surface area contributed by atoms with Crippen molar-refractivity contribution >= 4 is 23.9 Å². The zero-order chi connectivity index (χ0) is 35.1. The number of esters is 1. The molecule has 0 spiro atoms. The van der Waals surface area contributed by atoms with Crippen LogP contribution in [0.5, 0.6) is 5.75 Å². The topological polar surface area (TPSA) is 123 Å². The SMILES string of the molecule is COC(=O)C(Cc1ccccc1)NC(=O)C(CC(C)C)NC(=O)C1CCN(C(=O)OCc2ccc(OCCCC[N+](C)(C)C)cc2)CC1. The first kappa shape index (κ1) is 38.3. The number of carbonyl (C=O) groups is 4. The van der Waals surface area contributed by atoms with E-state index in [1.807, 2.05) is 68.4 Å². The number of likely N-dealkylation sites (tertiary alicyclic amines) is 1. The highest BCUT2D eigenvalue weighted by molar-refractivity contribution is 5.91. The van der Waals surface area contributed by atoms with Crippen molar-refractivity contribution in [3.05, 3.63) is 65.7 Å². The van der Waals surface area contributed by atoms with Crippen molar-refractivity contribution in [1.82, 2.24) is 15.5 Å². The van der Waals surface area contributed by atoms with Gasteiger partial charge in [-0.05, 0) is 61.3 Å². The summed E-state index contributed by atoms with van der Waals surface area (Å²) >= 11 is 0. The van der Waals surface area contributed by atoms with Crippen molar-refractivity contribution in [2.45, 2.75) is 71.1 Å². The molecule has 1 heterocycles. The second kappa shape index (κ2) is 19.0. The van der Waals surface area contributed by atoms with Gasteiger partial charge in [0.15, 0.2) is 0 Å². The molecule has 11 heteroatoms. The Balaban J connectivity index is 1.44. The third-order valence-electron chi connectivity index (χ3n) is 8.33. The van der Waals surface area contributed by atoms with Gasteiger partial charge in [0.2, 0.25) is 11.8 Å². The van der Waals surface area contributed by atoms with Gasteiger partial charge in [0.05, 0.1) is 41.4 Å². The molecule has 1 aliphatic heterocycles. The minimum Gasteiger partial charge on any atom is -0.494 e. The first-order valence-corrected chi connectivity index (χ1v) is 17.0. The van der Waals surface area contributed by atoms with Gasteiger partial charge in [-0.25, -0.2) is 9.59 Å². The van der Waals surface area contributed by atoms with Crippen molar-refractivity contribution in [2.75, 3.05) is 54.5 Å². The lowest BCUT2D eigenvalue weighted by atomic mass is 9.94. The third kappa shape index (κ3) is 13.5. The number of quaternary nitrogens is 1. The van der Waals surface area contributed by atoms with E-state index in [0.717, 1.165) is 40.7 Å². The van der Waals surface area contributed by atoms with E-state index in [1.165, 1.54) is 7.11 Å². The lowest BCUT2D eigenvalue weighted by Gasteiger charge is -2.32. The number of benzene rings is 2. The molecule has 11 nitrogen and oxygen atoms in total. The van der Waals surface area contributed by atoms with Crippen molar-refractivity contribution < 1.29 is 37.9 Å². The van der Waals surface area contributed by atoms with Crippen molar-refractivity contribution in [3.8, 4) is 5.75 Å². The maximum Gasteiger partial charge on any atom is 0.410 e. The average Bonchev–Trinajstić information content (AvgIpc) is 3.06. The van der Waals surface area contributed by atoms with E-state index >= 15 is 0 Å². The maximum absolute atomic E-state index is 13.4. The van der Waals surface area contributed by atoms with Crippen LogP contribution in [0, 0.1) is 11.8 Å². The predicted molar refractivity (Wildman–Crippen MR) is 184 cm³/mol. The Morgan fingerprint density at radius 2 is 1.54 bits per heavy atom. The number of amides is 3. The van der Waals surface area contributed by atoms with Crippen LogP contribution < -0.4 is 15.4 Å². The largest absolute Gasteiger partial charge is 0.494 e. The number of hydrogen-bond donors (Lipinski definition) is 2. The van der Waals surface area contributed by atoms with Crippen molar-refractivity contribution in [1.29, 1.82) is 0 Å². The van der Waals surface area contributed by atoms with Gasteiger partial charge in [-0.3, -0.25) is 9.59 Å². The molecule has 0 saturated carbocycles. The molecule has 48 heavy (non-hydrogen) atoms. The number of rotatable bonds is 17. The Morgan fingerprint density at radius 3 is 2.15 bits per heavy atom. The smallest absolute Gasteiger partial charge is 0.410 e. The molecule has 0 aliphatic carbocycles. The summed E-state index contributed by atoms with van der Waals surface area (Å²) in [6, 6.07) is 15.2. The molecule has 3 rings (SSSR count). The molecule has 1 aliphatic rings. The summed E-state index contributed by atoms with van der Waals surface area (Å²) in [5.74, 6) is -0.660. The zero-order valence-electron chi connectivity index (χ0n) is 29.5. The summed E-state index contributed by atoms with van der Waals surface area (Å²) in [5, 5.41) is 5.71. The highest BCUT2D eigenvalue weighted by Crippen LogP contribution is 2.20. The maximum atomic E-state index is 13.4. The van der Waals surface area contributed by atoms with Gasteiger partial charge in [-0.1, -0.05) is 56.3 Å². The number of ether oxygens (including phenoxy) is 3. The highest BCUT2D eigenvalue weighted by Gasteiger charge is 2.32. The van der Waals surface area contributed by atoms with E-state index in [1.54, 1.807) is 4.90 Å². The number of piperidine rings is 1. The van der Waals surface area contributed by atoms with Crippen LogP contribution in [0.3, 0.4) is 0 Å². The van der Waals surface area contributed by atoms with Gasteiger partial charge in [-0.2, -0.15) is 0 Å². The molecule has 2 atom stereocenters. The minimum atomic E-state index is -0.884. The summed E-state index contributed by atoms with van der Waals surface area (Å²) in [7, 11) is 7.83. The standard InChI is InChI=1S/C37H54N4O7/c1-27(2)24-32(35(43)39-33(36(44)46-6)25-28-12-8-7-9-13-28)38-34(42)30-18-20-40(21-19-30)37(45)48-26-29-14-16-31(17-15-29)47-23-11-10-22-41(3,4)5/h7-9,12-17,27,30,32-33H,10-11,18-26H2,1-6H3,(H-,38,39,42,43)/p+1. The number of hydrogen-bond acceptors (Lipinski definition) is 7. The molecule has 2 aromatic carbocycles. The Labute approximate surface area is 285 Å². The third-order valence-corrected chi connectivity index (χ3v) is 8.33. The second-order valence-corrected chi connectivity index (χ2v) is 14.0. The van der Waals surface area contributed by atoms with Gasteiger partial charge >= 0.3 is 12.1 Å². The van der Waals surface area contributed by atoms with Crippen LogP contribution in [0.4, 0.5) is 4.79 Å². The fraction of sp³-hybridized carbons (Fsp3) is 0.568. The van der Waals surface area contributed by atoms with E-state index in [4.69, 9.17) is 14.2 Å². The van der Waals surface area contributed by atoms with Crippen molar-refractivity contribution in [2.24, 2.45) is 11.8 Å². The molecule has 2 aromatic rings. The van der Waals surface area contributed by atoms with Gasteiger partial charge in [-0.15, -0.1) is 0 Å². The molecule has 3 amide bonds. The summed E-state index contributed by atoms with van der Waals surface area (Å²) in [6.45, 7) is 6.60. The summed E-state index contributed by atoms with van der Waals surface area (Å²) in [4.78, 5) is 53.5. The van der Waals surface area contributed by atoms with E-state index < -0.39 is 30.1 Å². The fourth-order valence-corrected chi connectivity index (χ4v) is 5.57. The monoisotopic (exact) mass is 667 g/mol. The molecule has 2 N–H and O–H groups in total. The molecular formula is C37H55N4O7+. The number of carbonyl (C=O) groups excluding carboxylic acids is 4. The lowest BCUT2D eigenvalue weighted by molar-refractivity contribution is -0.870. The molecule has 2 unspecified atom stereocenters. The van der Waals surface area contributed by atoms with Crippen LogP contribution in [0.2, 0.25) is 0 Å². The quantitative estimate of drug-likeness (QED) is 0.146. The molecular weight excluding hydrogens is 612 g/mol. The Kier molecular flexibility index (Phi) is 15.2. The predicted octanol–water partition coefficient (Wildman–Crippen LogP) is 4.33. The zero-order valence-corrected chi connectivity index (χ0v) is 29.5. The van der Waals surface area contributed by atoms with Gasteiger partial charge < -0.3 is 34.2 Å². The second-order valence-electron chi connectivity index (χ2n) is 14.0. The number of nitrogens with one attached hydrogen (secondary N) is 2. The lowest BCUT2D eigenvalue weighted by Crippen LogP contribution is -2.54. The van der Waals surface area contributed by atoms with Crippen LogP contribution in [0.25, 0.3) is 0 Å². The molecule has 0 radical (unpaired) electrons. The van der Waals surface area contributed by atoms with E-state index in [-0.39, 0.29) is 30.8 Å². The normalized spacial score (nSPS) is 14.9. The highest BCUT2D eigenvalue weighted by atomic mass is 16.6. The van der Waals surface area contributed by atoms with Crippen LogP contribution in [0.15, 0.2) is 54.6 Å². The van der Waals surface area contributed by atoms with Crippen molar-refractivity contribution in [3.63, 3.8) is 0 Å². The van der Waals surface area contributed by atoms with Crippen LogP contribution in [-0.4, -0.2) is 99.8 Å². The molecule has 0 aromatic heterocycles. The van der Waals surface area contributed by atoms with Crippen LogP contribution in [0.1, 0.15) is 57.1 Å². The first-order valence-electron chi connectivity index (χ1n) is 17.0. The van der Waals surface area contributed by atoms with Crippen LogP contribution in [-0.2, 0) is 36.9 Å². The number of unbranched alkanes of at least 4 members (excludes halogenated alkanes) is 1. The van der Waals surface area contributed by atoms with Gasteiger partial charge in [0.25, 0.3) is 0 Å². The van der Waals surface area contributed by atoms with E-state index in [9.17, 15) is 19.2 Å². The Hall–Kier alpha value is -4.12. The summed E-state index contributed by atoms with van der Waals surface area (Å²) in [5.41, 5.74) is 1.74. The fourth-order valence-electron chi connectivity index (χ4n) is 5.57. The van der Waals surface area contributed by atoms with E-state index in [2.05, 4.69) is 31.8 Å². The molecule has 0 bridgehead atoms. The van der Waals surface area contributed by atoms with Gasteiger partial charge in [0.1, 0.15) is 24.4 Å². The van der Waals surface area contributed by atoms with Crippen LogP contribution >= 0.6 is 0 Å². The molecule has 264 valence electrons.